The van der Waals surface area contributed by atoms with Crippen molar-refractivity contribution in [1.82, 2.24) is 9.55 Å². The summed E-state index contributed by atoms with van der Waals surface area (Å²) in [5, 5.41) is 5.68. The molecular weight excluding hydrogens is 384 g/mol. The van der Waals surface area contributed by atoms with Crippen molar-refractivity contribution >= 4 is 35.0 Å². The summed E-state index contributed by atoms with van der Waals surface area (Å²) < 4.78 is 2.06. The van der Waals surface area contributed by atoms with Gasteiger partial charge in [0.25, 0.3) is 0 Å². The van der Waals surface area contributed by atoms with E-state index in [0.29, 0.717) is 0 Å². The van der Waals surface area contributed by atoms with E-state index in [1.54, 1.807) is 6.20 Å². The number of anilines is 2. The van der Waals surface area contributed by atoms with Crippen molar-refractivity contribution in [2.24, 2.45) is 0 Å². The zero-order valence-corrected chi connectivity index (χ0v) is 17.3. The Hall–Kier alpha value is -3.06. The SMILES string of the molecule is Cc1ccc(NC(=O)CSCC(=O)Nc2ccc(Cn3ccnc3C)cc2)cc1. The summed E-state index contributed by atoms with van der Waals surface area (Å²) in [5.74, 6) is 1.16. The van der Waals surface area contributed by atoms with Gasteiger partial charge in [0, 0.05) is 30.3 Å². The molecule has 1 heterocycles. The number of nitrogens with zero attached hydrogens (tertiary/aromatic N) is 2. The molecule has 0 aliphatic heterocycles. The molecule has 0 aliphatic carbocycles. The molecule has 0 bridgehead atoms. The van der Waals surface area contributed by atoms with E-state index < -0.39 is 0 Å². The Morgan fingerprint density at radius 1 is 0.897 bits per heavy atom. The molecule has 3 aromatic rings. The Labute approximate surface area is 174 Å². The Morgan fingerprint density at radius 2 is 1.45 bits per heavy atom. The number of aryl methyl sites for hydroxylation is 2. The summed E-state index contributed by atoms with van der Waals surface area (Å²) in [7, 11) is 0. The van der Waals surface area contributed by atoms with Gasteiger partial charge >= 0.3 is 0 Å². The summed E-state index contributed by atoms with van der Waals surface area (Å²) in [6, 6.07) is 15.3. The van der Waals surface area contributed by atoms with Gasteiger partial charge in [-0.2, -0.15) is 0 Å². The second-order valence-corrected chi connectivity index (χ2v) is 7.74. The average molecular weight is 409 g/mol. The van der Waals surface area contributed by atoms with Gasteiger partial charge in [-0.15, -0.1) is 11.8 Å². The van der Waals surface area contributed by atoms with Crippen LogP contribution < -0.4 is 10.6 Å². The fraction of sp³-hybridized carbons (Fsp3) is 0.227. The smallest absolute Gasteiger partial charge is 0.234 e. The number of carbonyl (C=O) groups excluding carboxylic acids is 2. The highest BCUT2D eigenvalue weighted by Gasteiger charge is 2.07. The molecule has 150 valence electrons. The average Bonchev–Trinajstić information content (AvgIpc) is 3.10. The minimum absolute atomic E-state index is 0.120. The van der Waals surface area contributed by atoms with Gasteiger partial charge in [0.05, 0.1) is 11.5 Å². The monoisotopic (exact) mass is 408 g/mol. The maximum absolute atomic E-state index is 12.1. The number of carbonyl (C=O) groups is 2. The van der Waals surface area contributed by atoms with Crippen molar-refractivity contribution in [3.05, 3.63) is 77.9 Å². The number of hydrogen-bond acceptors (Lipinski definition) is 4. The Kier molecular flexibility index (Phi) is 7.08. The Balaban J connectivity index is 1.39. The molecule has 2 aromatic carbocycles. The van der Waals surface area contributed by atoms with Crippen molar-refractivity contribution in [3.63, 3.8) is 0 Å². The topological polar surface area (TPSA) is 76.0 Å². The van der Waals surface area contributed by atoms with Crippen molar-refractivity contribution < 1.29 is 9.59 Å². The molecule has 1 aromatic heterocycles. The third-order valence-electron chi connectivity index (χ3n) is 4.32. The van der Waals surface area contributed by atoms with Crippen LogP contribution in [-0.2, 0) is 16.1 Å². The molecule has 0 saturated carbocycles. The lowest BCUT2D eigenvalue weighted by Gasteiger charge is -2.08. The number of benzene rings is 2. The summed E-state index contributed by atoms with van der Waals surface area (Å²) in [4.78, 5) is 28.3. The van der Waals surface area contributed by atoms with Gasteiger partial charge in [0.2, 0.25) is 11.8 Å². The van der Waals surface area contributed by atoms with E-state index in [1.165, 1.54) is 11.8 Å². The van der Waals surface area contributed by atoms with Crippen molar-refractivity contribution in [2.75, 3.05) is 22.1 Å². The van der Waals surface area contributed by atoms with Gasteiger partial charge < -0.3 is 15.2 Å². The highest BCUT2D eigenvalue weighted by Crippen LogP contribution is 2.13. The highest BCUT2D eigenvalue weighted by molar-refractivity contribution is 8.00. The molecule has 0 spiro atoms. The van der Waals surface area contributed by atoms with Crippen LogP contribution in [0.2, 0.25) is 0 Å². The largest absolute Gasteiger partial charge is 0.331 e. The minimum atomic E-state index is -0.128. The molecule has 7 heteroatoms. The number of hydrogen-bond donors (Lipinski definition) is 2. The fourth-order valence-corrected chi connectivity index (χ4v) is 3.35. The van der Waals surface area contributed by atoms with E-state index in [1.807, 2.05) is 68.6 Å². The van der Waals surface area contributed by atoms with Crippen molar-refractivity contribution in [1.29, 1.82) is 0 Å². The number of thioether (sulfide) groups is 1. The predicted octanol–water partition coefficient (Wildman–Crippen LogP) is 3.86. The first kappa shape index (κ1) is 20.7. The van der Waals surface area contributed by atoms with Crippen LogP contribution in [0.5, 0.6) is 0 Å². The second kappa shape index (κ2) is 9.93. The molecule has 29 heavy (non-hydrogen) atoms. The van der Waals surface area contributed by atoms with Gasteiger partial charge in [0.15, 0.2) is 0 Å². The number of aromatic nitrogens is 2. The normalized spacial score (nSPS) is 10.6. The Bertz CT molecular complexity index is 965. The number of rotatable bonds is 8. The van der Waals surface area contributed by atoms with Gasteiger partial charge in [-0.3, -0.25) is 9.59 Å². The molecule has 2 amide bonds. The Morgan fingerprint density at radius 3 is 1.97 bits per heavy atom. The zero-order valence-electron chi connectivity index (χ0n) is 16.5. The molecular formula is C22H24N4O2S. The van der Waals surface area contributed by atoms with Crippen LogP contribution in [0.4, 0.5) is 11.4 Å². The fourth-order valence-electron chi connectivity index (χ4n) is 2.73. The third-order valence-corrected chi connectivity index (χ3v) is 5.25. The molecule has 0 aliphatic rings. The van der Waals surface area contributed by atoms with Crippen LogP contribution in [0.25, 0.3) is 0 Å². The molecule has 0 atom stereocenters. The molecule has 2 N–H and O–H groups in total. The third kappa shape index (κ3) is 6.50. The number of imidazole rings is 1. The number of nitrogens with one attached hydrogen (secondary N) is 2. The van der Waals surface area contributed by atoms with Crippen molar-refractivity contribution in [3.8, 4) is 0 Å². The van der Waals surface area contributed by atoms with Gasteiger partial charge in [-0.25, -0.2) is 4.98 Å². The lowest BCUT2D eigenvalue weighted by Crippen LogP contribution is -2.18. The maximum atomic E-state index is 12.1. The van der Waals surface area contributed by atoms with E-state index in [4.69, 9.17) is 0 Å². The maximum Gasteiger partial charge on any atom is 0.234 e. The van der Waals surface area contributed by atoms with E-state index >= 15 is 0 Å². The van der Waals surface area contributed by atoms with Gasteiger partial charge in [0.1, 0.15) is 5.82 Å². The van der Waals surface area contributed by atoms with E-state index in [9.17, 15) is 9.59 Å². The molecule has 0 radical (unpaired) electrons. The lowest BCUT2D eigenvalue weighted by atomic mass is 10.2. The molecule has 6 nitrogen and oxygen atoms in total. The molecule has 3 rings (SSSR count). The van der Waals surface area contributed by atoms with E-state index in [2.05, 4.69) is 20.2 Å². The molecule has 0 unspecified atom stereocenters. The van der Waals surface area contributed by atoms with Crippen LogP contribution in [0, 0.1) is 13.8 Å². The molecule has 0 fully saturated rings. The highest BCUT2D eigenvalue weighted by atomic mass is 32.2. The van der Waals surface area contributed by atoms with Crippen LogP contribution in [0.15, 0.2) is 60.9 Å². The molecule has 0 saturated heterocycles. The van der Waals surface area contributed by atoms with Crippen LogP contribution in [-0.4, -0.2) is 32.9 Å². The predicted molar refractivity (Wildman–Crippen MR) is 118 cm³/mol. The van der Waals surface area contributed by atoms with Gasteiger partial charge in [-0.1, -0.05) is 29.8 Å². The van der Waals surface area contributed by atoms with Crippen molar-refractivity contribution in [2.45, 2.75) is 20.4 Å². The zero-order chi connectivity index (χ0) is 20.6. The summed E-state index contributed by atoms with van der Waals surface area (Å²) in [6.45, 7) is 4.70. The lowest BCUT2D eigenvalue weighted by molar-refractivity contribution is -0.114. The summed E-state index contributed by atoms with van der Waals surface area (Å²) in [5.41, 5.74) is 3.77. The van der Waals surface area contributed by atoms with Crippen LogP contribution >= 0.6 is 11.8 Å². The van der Waals surface area contributed by atoms with Gasteiger partial charge in [-0.05, 0) is 43.7 Å². The number of amides is 2. The van der Waals surface area contributed by atoms with Crippen LogP contribution in [0.1, 0.15) is 17.0 Å². The first-order chi connectivity index (χ1) is 14.0. The second-order valence-electron chi connectivity index (χ2n) is 6.75. The first-order valence-electron chi connectivity index (χ1n) is 9.30. The summed E-state index contributed by atoms with van der Waals surface area (Å²) >= 11 is 1.28. The van der Waals surface area contributed by atoms with E-state index in [-0.39, 0.29) is 23.3 Å². The van der Waals surface area contributed by atoms with Crippen LogP contribution in [0.3, 0.4) is 0 Å². The summed E-state index contributed by atoms with van der Waals surface area (Å²) in [6.07, 6.45) is 3.72. The standard InChI is InChI=1S/C22H24N4O2S/c1-16-3-7-19(8-4-16)24-21(27)14-29-15-22(28)25-20-9-5-18(6-10-20)13-26-12-11-23-17(26)2/h3-12H,13-15H2,1-2H3,(H,24,27)(H,25,28). The minimum Gasteiger partial charge on any atom is -0.331 e. The first-order valence-corrected chi connectivity index (χ1v) is 10.5. The quantitative estimate of drug-likeness (QED) is 0.593. The van der Waals surface area contributed by atoms with E-state index in [0.717, 1.165) is 34.9 Å².